The molecule has 0 fully saturated rings. The highest BCUT2D eigenvalue weighted by molar-refractivity contribution is 7.11. The van der Waals surface area contributed by atoms with E-state index in [1.165, 1.54) is 11.1 Å². The topological polar surface area (TPSA) is 102 Å². The number of pyridine rings is 1. The smallest absolute Gasteiger partial charge is 0.364 e. The van der Waals surface area contributed by atoms with Crippen LogP contribution in [0.5, 0.6) is 0 Å². The van der Waals surface area contributed by atoms with Gasteiger partial charge in [-0.2, -0.15) is 0 Å². The van der Waals surface area contributed by atoms with E-state index in [2.05, 4.69) is 22.2 Å². The summed E-state index contributed by atoms with van der Waals surface area (Å²) in [7, 11) is 0. The monoisotopic (exact) mass is 345 g/mol. The fraction of sp³-hybridized carbons (Fsp3) is 0.267. The molecule has 0 saturated heterocycles. The third-order valence-corrected chi connectivity index (χ3v) is 4.68. The van der Waals surface area contributed by atoms with E-state index in [0.717, 1.165) is 15.8 Å². The van der Waals surface area contributed by atoms with Gasteiger partial charge in [-0.05, 0) is 18.6 Å². The van der Waals surface area contributed by atoms with Crippen molar-refractivity contribution in [1.29, 1.82) is 0 Å². The molecule has 0 aromatic carbocycles. The number of rotatable bonds is 6. The van der Waals surface area contributed by atoms with Crippen molar-refractivity contribution in [2.45, 2.75) is 19.8 Å². The van der Waals surface area contributed by atoms with Crippen LogP contribution in [0.3, 0.4) is 0 Å². The zero-order valence-corrected chi connectivity index (χ0v) is 13.7. The zero-order chi connectivity index (χ0) is 17.1. The molecule has 0 aliphatic carbocycles. The Morgan fingerprint density at radius 3 is 2.96 bits per heavy atom. The number of hydrogen-bond acceptors (Lipinski definition) is 7. The Morgan fingerprint density at radius 1 is 1.42 bits per heavy atom. The second kappa shape index (κ2) is 6.75. The average Bonchev–Trinajstić information content (AvgIpc) is 3.02. The maximum atomic E-state index is 12.3. The van der Waals surface area contributed by atoms with Crippen LogP contribution in [0.4, 0.5) is 11.5 Å². The lowest BCUT2D eigenvalue weighted by Crippen LogP contribution is -2.21. The molecule has 3 aromatic heterocycles. The van der Waals surface area contributed by atoms with Crippen molar-refractivity contribution in [2.75, 3.05) is 11.9 Å². The van der Waals surface area contributed by atoms with Crippen molar-refractivity contribution < 1.29 is 4.92 Å². The Balaban J connectivity index is 1.86. The van der Waals surface area contributed by atoms with Gasteiger partial charge in [0, 0.05) is 30.2 Å². The molecular weight excluding hydrogens is 330 g/mol. The van der Waals surface area contributed by atoms with Gasteiger partial charge in [0.1, 0.15) is 5.65 Å². The molecule has 0 saturated carbocycles. The number of anilines is 1. The molecule has 0 atom stereocenters. The first-order valence-electron chi connectivity index (χ1n) is 7.43. The number of hydrogen-bond donors (Lipinski definition) is 1. The molecule has 8 nitrogen and oxygen atoms in total. The van der Waals surface area contributed by atoms with Gasteiger partial charge in [0.25, 0.3) is 0 Å². The van der Waals surface area contributed by atoms with Crippen LogP contribution >= 0.6 is 11.3 Å². The molecule has 0 aliphatic rings. The maximum Gasteiger partial charge on any atom is 0.376 e. The van der Waals surface area contributed by atoms with Crippen LogP contribution in [0.15, 0.2) is 35.4 Å². The van der Waals surface area contributed by atoms with Crippen molar-refractivity contribution in [1.82, 2.24) is 14.4 Å². The minimum Gasteiger partial charge on any atom is -0.364 e. The Kier molecular flexibility index (Phi) is 4.52. The molecule has 0 bridgehead atoms. The van der Waals surface area contributed by atoms with Crippen molar-refractivity contribution in [3.8, 4) is 0 Å². The van der Waals surface area contributed by atoms with Gasteiger partial charge in [-0.25, -0.2) is 9.97 Å². The predicted octanol–water partition coefficient (Wildman–Crippen LogP) is 2.28. The van der Waals surface area contributed by atoms with Crippen LogP contribution < -0.4 is 10.9 Å². The van der Waals surface area contributed by atoms with Crippen LogP contribution in [-0.4, -0.2) is 25.8 Å². The molecule has 9 heteroatoms. The van der Waals surface area contributed by atoms with Gasteiger partial charge >= 0.3 is 11.2 Å². The van der Waals surface area contributed by atoms with E-state index in [9.17, 15) is 14.9 Å². The van der Waals surface area contributed by atoms with Gasteiger partial charge in [-0.15, -0.1) is 11.3 Å². The molecule has 0 aliphatic heterocycles. The second-order valence-electron chi connectivity index (χ2n) is 5.05. The predicted molar refractivity (Wildman–Crippen MR) is 91.8 cm³/mol. The molecule has 3 aromatic rings. The van der Waals surface area contributed by atoms with Crippen LogP contribution in [0, 0.1) is 10.1 Å². The quantitative estimate of drug-likeness (QED) is 0.543. The largest absolute Gasteiger partial charge is 0.376 e. The molecule has 0 unspecified atom stereocenters. The van der Waals surface area contributed by atoms with E-state index in [-0.39, 0.29) is 5.82 Å². The fourth-order valence-corrected chi connectivity index (χ4v) is 3.14. The van der Waals surface area contributed by atoms with E-state index in [1.54, 1.807) is 29.5 Å². The lowest BCUT2D eigenvalue weighted by atomic mass is 10.4. The lowest BCUT2D eigenvalue weighted by molar-refractivity contribution is -0.385. The summed E-state index contributed by atoms with van der Waals surface area (Å²) in [4.78, 5) is 32.6. The average molecular weight is 345 g/mol. The number of nitro groups is 1. The second-order valence-corrected chi connectivity index (χ2v) is 6.25. The summed E-state index contributed by atoms with van der Waals surface area (Å²) in [5, 5.41) is 15.1. The molecule has 24 heavy (non-hydrogen) atoms. The minimum atomic E-state index is -0.699. The number of fused-ring (bicyclic) bond motifs is 1. The highest BCUT2D eigenvalue weighted by atomic mass is 32.1. The highest BCUT2D eigenvalue weighted by Crippen LogP contribution is 2.19. The first kappa shape index (κ1) is 16.1. The highest BCUT2D eigenvalue weighted by Gasteiger charge is 2.23. The standard InChI is InChI=1S/C15H15N5O3S/c1-2-10-9-17-12(24-10)6-7-16-14-13(20(22)23)15(21)19-8-4-3-5-11(19)18-14/h3-5,8-9,16H,2,6-7H2,1H3. The summed E-state index contributed by atoms with van der Waals surface area (Å²) in [6.45, 7) is 2.47. The van der Waals surface area contributed by atoms with Crippen molar-refractivity contribution in [3.05, 3.63) is 60.9 Å². The number of thiazole rings is 1. The van der Waals surface area contributed by atoms with Crippen LogP contribution in [0.2, 0.25) is 0 Å². The van der Waals surface area contributed by atoms with Gasteiger partial charge in [0.05, 0.1) is 9.93 Å². The summed E-state index contributed by atoms with van der Waals surface area (Å²) in [5.41, 5.74) is -0.888. The summed E-state index contributed by atoms with van der Waals surface area (Å²) in [6.07, 6.45) is 4.84. The van der Waals surface area contributed by atoms with Crippen molar-refractivity contribution in [3.63, 3.8) is 0 Å². The summed E-state index contributed by atoms with van der Waals surface area (Å²) >= 11 is 1.61. The Morgan fingerprint density at radius 2 is 2.25 bits per heavy atom. The SMILES string of the molecule is CCc1cnc(CCNc2nc3ccccn3c(=O)c2[N+](=O)[O-])s1. The fourth-order valence-electron chi connectivity index (χ4n) is 2.28. The molecule has 3 heterocycles. The minimum absolute atomic E-state index is 0.0107. The summed E-state index contributed by atoms with van der Waals surface area (Å²) < 4.78 is 1.16. The molecule has 0 radical (unpaired) electrons. The van der Waals surface area contributed by atoms with Gasteiger partial charge in [-0.1, -0.05) is 13.0 Å². The van der Waals surface area contributed by atoms with Gasteiger partial charge < -0.3 is 5.32 Å². The van der Waals surface area contributed by atoms with E-state index in [4.69, 9.17) is 0 Å². The summed E-state index contributed by atoms with van der Waals surface area (Å²) in [6, 6.07) is 4.98. The van der Waals surface area contributed by atoms with E-state index >= 15 is 0 Å². The Hall–Kier alpha value is -2.81. The third-order valence-electron chi connectivity index (χ3n) is 3.47. The van der Waals surface area contributed by atoms with Crippen molar-refractivity contribution >= 4 is 28.5 Å². The number of aromatic nitrogens is 3. The van der Waals surface area contributed by atoms with E-state index in [1.807, 2.05) is 6.20 Å². The number of nitrogens with zero attached hydrogens (tertiary/aromatic N) is 4. The van der Waals surface area contributed by atoms with Gasteiger partial charge in [0.15, 0.2) is 0 Å². The summed E-state index contributed by atoms with van der Waals surface area (Å²) in [5.74, 6) is -0.0107. The Bertz CT molecular complexity index is 950. The van der Waals surface area contributed by atoms with E-state index in [0.29, 0.717) is 18.6 Å². The molecule has 0 spiro atoms. The molecule has 124 valence electrons. The number of aryl methyl sites for hydroxylation is 1. The molecule has 3 rings (SSSR count). The normalized spacial score (nSPS) is 10.9. The molecule has 0 amide bonds. The maximum absolute atomic E-state index is 12.3. The number of nitrogens with one attached hydrogen (secondary N) is 1. The van der Waals surface area contributed by atoms with Crippen molar-refractivity contribution in [2.24, 2.45) is 0 Å². The third kappa shape index (κ3) is 3.11. The van der Waals surface area contributed by atoms with Gasteiger partial charge in [0.2, 0.25) is 5.82 Å². The van der Waals surface area contributed by atoms with E-state index < -0.39 is 16.2 Å². The van der Waals surface area contributed by atoms with Crippen LogP contribution in [-0.2, 0) is 12.8 Å². The lowest BCUT2D eigenvalue weighted by Gasteiger charge is -2.07. The first-order valence-corrected chi connectivity index (χ1v) is 8.25. The Labute approximate surface area is 141 Å². The van der Waals surface area contributed by atoms with Crippen LogP contribution in [0.1, 0.15) is 16.8 Å². The first-order chi connectivity index (χ1) is 11.6. The molecule has 1 N–H and O–H groups in total. The molecular formula is C15H15N5O3S. The van der Waals surface area contributed by atoms with Gasteiger partial charge in [-0.3, -0.25) is 19.3 Å². The zero-order valence-electron chi connectivity index (χ0n) is 12.9. The van der Waals surface area contributed by atoms with Crippen LogP contribution in [0.25, 0.3) is 5.65 Å².